The monoisotopic (exact) mass is 279 g/mol. The lowest BCUT2D eigenvalue weighted by molar-refractivity contribution is -0.127. The Balaban J connectivity index is 2.52. The highest BCUT2D eigenvalue weighted by Gasteiger charge is 2.16. The Morgan fingerprint density at radius 2 is 1.85 bits per heavy atom. The minimum atomic E-state index is -0.535. The number of nitrogens with one attached hydrogen (secondary N) is 1. The molecular weight excluding hydrogens is 254 g/mol. The molecule has 0 aromatic heterocycles. The van der Waals surface area contributed by atoms with Crippen molar-refractivity contribution >= 4 is 5.91 Å². The zero-order valence-corrected chi connectivity index (χ0v) is 12.7. The van der Waals surface area contributed by atoms with Crippen molar-refractivity contribution in [3.63, 3.8) is 0 Å². The van der Waals surface area contributed by atoms with Crippen molar-refractivity contribution in [2.75, 3.05) is 0 Å². The number of benzene rings is 1. The molecule has 112 valence electrons. The van der Waals surface area contributed by atoms with Crippen LogP contribution >= 0.6 is 0 Å². The molecule has 0 aliphatic heterocycles. The lowest BCUT2D eigenvalue weighted by atomic mass is 10.1. The summed E-state index contributed by atoms with van der Waals surface area (Å²) in [4.78, 5) is 11.9. The summed E-state index contributed by atoms with van der Waals surface area (Å²) < 4.78 is 5.60. The molecule has 1 rings (SSSR count). The number of carbonyl (C=O) groups is 1. The molecule has 1 aromatic carbocycles. The minimum Gasteiger partial charge on any atom is -0.481 e. The first-order chi connectivity index (χ1) is 9.43. The number of ether oxygens (including phenoxy) is 1. The maximum absolute atomic E-state index is 11.9. The van der Waals surface area contributed by atoms with Crippen molar-refractivity contribution in [2.45, 2.75) is 58.8 Å². The zero-order chi connectivity index (χ0) is 15.1. The van der Waals surface area contributed by atoms with Gasteiger partial charge in [-0.3, -0.25) is 4.79 Å². The summed E-state index contributed by atoms with van der Waals surface area (Å²) in [6.45, 7) is 7.52. The summed E-state index contributed by atoms with van der Waals surface area (Å²) >= 11 is 0. The zero-order valence-electron chi connectivity index (χ0n) is 12.7. The van der Waals surface area contributed by atoms with Crippen molar-refractivity contribution in [1.29, 1.82) is 0 Å². The second-order valence-electron chi connectivity index (χ2n) is 5.20. The Kier molecular flexibility index (Phi) is 6.52. The van der Waals surface area contributed by atoms with E-state index in [0.717, 1.165) is 18.4 Å². The number of amides is 1. The molecule has 0 aliphatic rings. The Hall–Kier alpha value is -1.55. The van der Waals surface area contributed by atoms with Crippen LogP contribution in [0.4, 0.5) is 0 Å². The molecule has 4 heteroatoms. The molecule has 0 saturated heterocycles. The van der Waals surface area contributed by atoms with Crippen LogP contribution in [0.25, 0.3) is 0 Å². The Morgan fingerprint density at radius 3 is 2.35 bits per heavy atom. The summed E-state index contributed by atoms with van der Waals surface area (Å²) in [5, 5.41) is 12.4. The van der Waals surface area contributed by atoms with Gasteiger partial charge in [-0.1, -0.05) is 25.5 Å². The fourth-order valence-corrected chi connectivity index (χ4v) is 1.95. The summed E-state index contributed by atoms with van der Waals surface area (Å²) in [5.74, 6) is 0.519. The van der Waals surface area contributed by atoms with Gasteiger partial charge in [0, 0.05) is 6.04 Å². The molecule has 0 bridgehead atoms. The van der Waals surface area contributed by atoms with Gasteiger partial charge >= 0.3 is 0 Å². The van der Waals surface area contributed by atoms with Gasteiger partial charge in [0.2, 0.25) is 0 Å². The van der Waals surface area contributed by atoms with E-state index in [0.29, 0.717) is 5.75 Å². The number of aliphatic hydroxyl groups excluding tert-OH is 1. The highest BCUT2D eigenvalue weighted by atomic mass is 16.5. The van der Waals surface area contributed by atoms with Crippen molar-refractivity contribution in [3.8, 4) is 5.75 Å². The van der Waals surface area contributed by atoms with Gasteiger partial charge in [-0.25, -0.2) is 0 Å². The number of carbonyl (C=O) groups excluding carboxylic acids is 1. The second-order valence-corrected chi connectivity index (χ2v) is 5.20. The van der Waals surface area contributed by atoms with Crippen molar-refractivity contribution < 1.29 is 14.6 Å². The normalized spacial score (nSPS) is 15.2. The maximum Gasteiger partial charge on any atom is 0.260 e. The van der Waals surface area contributed by atoms with Crippen molar-refractivity contribution in [1.82, 2.24) is 5.32 Å². The average molecular weight is 279 g/mol. The molecule has 0 radical (unpaired) electrons. The van der Waals surface area contributed by atoms with Crippen LogP contribution in [0.5, 0.6) is 5.75 Å². The van der Waals surface area contributed by atoms with E-state index in [1.54, 1.807) is 38.1 Å². The molecule has 0 saturated carbocycles. The van der Waals surface area contributed by atoms with Gasteiger partial charge in [0.15, 0.2) is 6.10 Å². The fourth-order valence-electron chi connectivity index (χ4n) is 1.95. The van der Waals surface area contributed by atoms with Gasteiger partial charge in [0.05, 0.1) is 6.10 Å². The van der Waals surface area contributed by atoms with Gasteiger partial charge in [-0.15, -0.1) is 0 Å². The summed E-state index contributed by atoms with van der Waals surface area (Å²) in [6, 6.07) is 7.29. The van der Waals surface area contributed by atoms with Crippen molar-refractivity contribution in [3.05, 3.63) is 29.8 Å². The second kappa shape index (κ2) is 7.90. The van der Waals surface area contributed by atoms with Gasteiger partial charge in [0.1, 0.15) is 5.75 Å². The van der Waals surface area contributed by atoms with E-state index in [1.807, 2.05) is 6.92 Å². The average Bonchev–Trinajstić information content (AvgIpc) is 2.39. The van der Waals surface area contributed by atoms with Crippen LogP contribution in [-0.2, 0) is 4.79 Å². The number of rotatable bonds is 7. The smallest absolute Gasteiger partial charge is 0.260 e. The van der Waals surface area contributed by atoms with Crippen LogP contribution in [-0.4, -0.2) is 23.2 Å². The van der Waals surface area contributed by atoms with Crippen molar-refractivity contribution in [2.24, 2.45) is 0 Å². The molecule has 3 atom stereocenters. The molecule has 0 aliphatic carbocycles. The van der Waals surface area contributed by atoms with Gasteiger partial charge < -0.3 is 15.2 Å². The Morgan fingerprint density at radius 1 is 1.25 bits per heavy atom. The molecule has 0 heterocycles. The number of aliphatic hydroxyl groups is 1. The van der Waals surface area contributed by atoms with E-state index < -0.39 is 12.2 Å². The fraction of sp³-hybridized carbons (Fsp3) is 0.562. The van der Waals surface area contributed by atoms with Crippen LogP contribution in [0, 0.1) is 0 Å². The lowest BCUT2D eigenvalue weighted by Gasteiger charge is -2.18. The highest BCUT2D eigenvalue weighted by molar-refractivity contribution is 5.80. The van der Waals surface area contributed by atoms with Gasteiger partial charge in [-0.2, -0.15) is 0 Å². The van der Waals surface area contributed by atoms with E-state index in [1.165, 1.54) is 0 Å². The molecule has 0 fully saturated rings. The largest absolute Gasteiger partial charge is 0.481 e. The Bertz CT molecular complexity index is 414. The molecule has 2 N–H and O–H groups in total. The van der Waals surface area contributed by atoms with Gasteiger partial charge in [-0.05, 0) is 44.9 Å². The molecule has 2 unspecified atom stereocenters. The predicted molar refractivity (Wildman–Crippen MR) is 79.7 cm³/mol. The van der Waals surface area contributed by atoms with Crippen LogP contribution < -0.4 is 10.1 Å². The first-order valence-electron chi connectivity index (χ1n) is 7.19. The molecular formula is C16H25NO3. The third-order valence-corrected chi connectivity index (χ3v) is 3.15. The third kappa shape index (κ3) is 5.21. The number of hydrogen-bond acceptors (Lipinski definition) is 3. The first-order valence-corrected chi connectivity index (χ1v) is 7.19. The number of hydrogen-bond donors (Lipinski definition) is 2. The van der Waals surface area contributed by atoms with E-state index in [9.17, 15) is 9.90 Å². The van der Waals surface area contributed by atoms with E-state index in [2.05, 4.69) is 12.2 Å². The van der Waals surface area contributed by atoms with Gasteiger partial charge in [0.25, 0.3) is 5.91 Å². The van der Waals surface area contributed by atoms with E-state index in [4.69, 9.17) is 4.74 Å². The maximum atomic E-state index is 11.9. The molecule has 4 nitrogen and oxygen atoms in total. The predicted octanol–water partition coefficient (Wildman–Crippen LogP) is 2.81. The van der Waals surface area contributed by atoms with E-state index in [-0.39, 0.29) is 11.9 Å². The summed E-state index contributed by atoms with van der Waals surface area (Å²) in [5.41, 5.74) is 0.825. The lowest BCUT2D eigenvalue weighted by Crippen LogP contribution is -2.41. The summed E-state index contributed by atoms with van der Waals surface area (Å²) in [7, 11) is 0. The van der Waals surface area contributed by atoms with Crippen LogP contribution in [0.2, 0.25) is 0 Å². The quantitative estimate of drug-likeness (QED) is 0.807. The first kappa shape index (κ1) is 16.5. The SMILES string of the molecule is CCCC(C)NC(=O)C(C)Oc1ccc([C@@H](C)O)cc1. The van der Waals surface area contributed by atoms with Crippen LogP contribution in [0.3, 0.4) is 0 Å². The molecule has 1 amide bonds. The topological polar surface area (TPSA) is 58.6 Å². The summed E-state index contributed by atoms with van der Waals surface area (Å²) in [6.07, 6.45) is 0.963. The minimum absolute atomic E-state index is 0.106. The molecule has 20 heavy (non-hydrogen) atoms. The molecule has 1 aromatic rings. The van der Waals surface area contributed by atoms with Crippen LogP contribution in [0.15, 0.2) is 24.3 Å². The highest BCUT2D eigenvalue weighted by Crippen LogP contribution is 2.18. The third-order valence-electron chi connectivity index (χ3n) is 3.15. The standard InChI is InChI=1S/C16H25NO3/c1-5-6-11(2)17-16(19)13(4)20-15-9-7-14(8-10-15)12(3)18/h7-13,18H,5-6H2,1-4H3,(H,17,19)/t11?,12-,13?/m1/s1. The molecule has 0 spiro atoms. The Labute approximate surface area is 121 Å². The van der Waals surface area contributed by atoms with Crippen LogP contribution in [0.1, 0.15) is 52.2 Å². The van der Waals surface area contributed by atoms with E-state index >= 15 is 0 Å².